The number of hydrogen-bond acceptors (Lipinski definition) is 3. The third-order valence-corrected chi connectivity index (χ3v) is 5.20. The maximum Gasteiger partial charge on any atom is 0.254 e. The first kappa shape index (κ1) is 16.3. The van der Waals surface area contributed by atoms with Crippen LogP contribution in [0.2, 0.25) is 0 Å². The van der Waals surface area contributed by atoms with E-state index >= 15 is 0 Å². The van der Waals surface area contributed by atoms with E-state index in [1.807, 2.05) is 30.0 Å². The topological polar surface area (TPSA) is 32.8 Å². The lowest BCUT2D eigenvalue weighted by Crippen LogP contribution is -2.36. The summed E-state index contributed by atoms with van der Waals surface area (Å²) in [6, 6.07) is 5.71. The molecule has 0 spiro atoms. The van der Waals surface area contributed by atoms with Gasteiger partial charge in [0.05, 0.1) is 7.11 Å². The first-order valence-electron chi connectivity index (χ1n) is 8.83. The van der Waals surface area contributed by atoms with Gasteiger partial charge in [-0.15, -0.1) is 0 Å². The molecular formula is C19H28N2O2. The minimum Gasteiger partial charge on any atom is -0.497 e. The molecule has 0 aliphatic carbocycles. The van der Waals surface area contributed by atoms with Crippen molar-refractivity contribution in [3.63, 3.8) is 0 Å². The van der Waals surface area contributed by atoms with Crippen molar-refractivity contribution in [1.29, 1.82) is 0 Å². The maximum absolute atomic E-state index is 12.8. The highest BCUT2D eigenvalue weighted by molar-refractivity contribution is 5.96. The summed E-state index contributed by atoms with van der Waals surface area (Å²) >= 11 is 0. The second-order valence-electron chi connectivity index (χ2n) is 6.95. The molecule has 0 radical (unpaired) electrons. The van der Waals surface area contributed by atoms with Gasteiger partial charge in [-0.3, -0.25) is 4.79 Å². The minimum absolute atomic E-state index is 0.172. The number of rotatable bonds is 4. The van der Waals surface area contributed by atoms with Gasteiger partial charge in [0.2, 0.25) is 0 Å². The van der Waals surface area contributed by atoms with E-state index in [1.165, 1.54) is 32.4 Å². The van der Waals surface area contributed by atoms with Gasteiger partial charge in [-0.2, -0.15) is 0 Å². The van der Waals surface area contributed by atoms with Crippen molar-refractivity contribution in [3.8, 4) is 5.75 Å². The molecule has 4 nitrogen and oxygen atoms in total. The number of carbonyl (C=O) groups is 1. The van der Waals surface area contributed by atoms with Gasteiger partial charge in [-0.1, -0.05) is 6.42 Å². The van der Waals surface area contributed by atoms with E-state index in [0.717, 1.165) is 42.9 Å². The first-order chi connectivity index (χ1) is 11.2. The Hall–Kier alpha value is -1.55. The van der Waals surface area contributed by atoms with Crippen molar-refractivity contribution >= 4 is 5.91 Å². The highest BCUT2D eigenvalue weighted by Crippen LogP contribution is 2.24. The lowest BCUT2D eigenvalue weighted by molar-refractivity contribution is 0.0781. The van der Waals surface area contributed by atoms with Gasteiger partial charge in [0.25, 0.3) is 5.91 Å². The highest BCUT2D eigenvalue weighted by atomic mass is 16.5. The van der Waals surface area contributed by atoms with Crippen LogP contribution in [0.5, 0.6) is 5.75 Å². The zero-order valence-corrected chi connectivity index (χ0v) is 14.4. The molecule has 1 aromatic rings. The van der Waals surface area contributed by atoms with Crippen LogP contribution >= 0.6 is 0 Å². The predicted octanol–water partition coefficient (Wildman–Crippen LogP) is 2.95. The van der Waals surface area contributed by atoms with Gasteiger partial charge < -0.3 is 14.5 Å². The molecule has 23 heavy (non-hydrogen) atoms. The van der Waals surface area contributed by atoms with Crippen LogP contribution in [-0.4, -0.2) is 55.5 Å². The molecule has 2 aliphatic heterocycles. The van der Waals surface area contributed by atoms with E-state index < -0.39 is 0 Å². The molecule has 0 aromatic heterocycles. The van der Waals surface area contributed by atoms with E-state index in [2.05, 4.69) is 4.90 Å². The van der Waals surface area contributed by atoms with Crippen LogP contribution in [0.25, 0.3) is 0 Å². The van der Waals surface area contributed by atoms with Crippen molar-refractivity contribution in [2.45, 2.75) is 32.6 Å². The largest absolute Gasteiger partial charge is 0.497 e. The fraction of sp³-hybridized carbons (Fsp3) is 0.632. The second-order valence-corrected chi connectivity index (χ2v) is 6.95. The first-order valence-corrected chi connectivity index (χ1v) is 8.83. The van der Waals surface area contributed by atoms with Crippen LogP contribution in [0.3, 0.4) is 0 Å². The number of likely N-dealkylation sites (tertiary alicyclic amines) is 2. The van der Waals surface area contributed by atoms with Crippen molar-refractivity contribution in [1.82, 2.24) is 9.80 Å². The van der Waals surface area contributed by atoms with Crippen molar-refractivity contribution in [3.05, 3.63) is 29.3 Å². The van der Waals surface area contributed by atoms with Crippen LogP contribution in [0.4, 0.5) is 0 Å². The lowest BCUT2D eigenvalue weighted by Gasteiger charge is -2.29. The average Bonchev–Trinajstić information content (AvgIpc) is 3.03. The van der Waals surface area contributed by atoms with Gasteiger partial charge >= 0.3 is 0 Å². The summed E-state index contributed by atoms with van der Waals surface area (Å²) in [6.45, 7) is 7.41. The van der Waals surface area contributed by atoms with Crippen molar-refractivity contribution < 1.29 is 9.53 Å². The van der Waals surface area contributed by atoms with Crippen LogP contribution in [0.1, 0.15) is 41.6 Å². The molecule has 1 unspecified atom stereocenters. The number of hydrogen-bond donors (Lipinski definition) is 0. The molecule has 2 fully saturated rings. The molecule has 0 saturated carbocycles. The van der Waals surface area contributed by atoms with Crippen LogP contribution < -0.4 is 4.74 Å². The summed E-state index contributed by atoms with van der Waals surface area (Å²) in [7, 11) is 1.65. The van der Waals surface area contributed by atoms with E-state index in [0.29, 0.717) is 5.92 Å². The highest BCUT2D eigenvalue weighted by Gasteiger charge is 2.29. The molecule has 4 heteroatoms. The molecule has 1 atom stereocenters. The Morgan fingerprint density at radius 2 is 2.00 bits per heavy atom. The van der Waals surface area contributed by atoms with Crippen molar-refractivity contribution in [2.24, 2.45) is 5.92 Å². The van der Waals surface area contributed by atoms with E-state index in [9.17, 15) is 4.79 Å². The Bertz CT molecular complexity index is 552. The Balaban J connectivity index is 1.58. The van der Waals surface area contributed by atoms with Gasteiger partial charge in [-0.25, -0.2) is 0 Å². The quantitative estimate of drug-likeness (QED) is 0.856. The Morgan fingerprint density at radius 1 is 1.22 bits per heavy atom. The van der Waals surface area contributed by atoms with Crippen LogP contribution in [0.15, 0.2) is 18.2 Å². The minimum atomic E-state index is 0.172. The second kappa shape index (κ2) is 7.35. The lowest BCUT2D eigenvalue weighted by atomic mass is 10.1. The van der Waals surface area contributed by atoms with E-state index in [1.54, 1.807) is 7.11 Å². The summed E-state index contributed by atoms with van der Waals surface area (Å²) in [5.41, 5.74) is 1.80. The smallest absolute Gasteiger partial charge is 0.254 e. The van der Waals surface area contributed by atoms with Gasteiger partial charge in [0, 0.05) is 25.2 Å². The van der Waals surface area contributed by atoms with E-state index in [-0.39, 0.29) is 5.91 Å². The Morgan fingerprint density at radius 3 is 2.70 bits per heavy atom. The molecule has 2 saturated heterocycles. The molecule has 0 bridgehead atoms. The molecule has 1 amide bonds. The average molecular weight is 316 g/mol. The van der Waals surface area contributed by atoms with Crippen LogP contribution in [-0.2, 0) is 0 Å². The third-order valence-electron chi connectivity index (χ3n) is 5.20. The maximum atomic E-state index is 12.8. The Labute approximate surface area is 139 Å². The molecule has 3 rings (SSSR count). The molecule has 126 valence electrons. The summed E-state index contributed by atoms with van der Waals surface area (Å²) in [5.74, 6) is 1.62. The number of carbonyl (C=O) groups excluding carboxylic acids is 1. The summed E-state index contributed by atoms with van der Waals surface area (Å²) < 4.78 is 5.23. The molecule has 1 aromatic carbocycles. The number of aryl methyl sites for hydroxylation is 1. The standard InChI is InChI=1S/C19H28N2O2/c1-15-12-17(23-2)6-7-18(15)19(22)21-11-8-16(14-21)13-20-9-4-3-5-10-20/h6-7,12,16H,3-5,8-11,13-14H2,1-2H3. The molecular weight excluding hydrogens is 288 g/mol. The fourth-order valence-corrected chi connectivity index (χ4v) is 3.85. The van der Waals surface area contributed by atoms with E-state index in [4.69, 9.17) is 4.74 Å². The number of benzene rings is 1. The van der Waals surface area contributed by atoms with Gasteiger partial charge in [0.1, 0.15) is 5.75 Å². The predicted molar refractivity (Wildman–Crippen MR) is 92.0 cm³/mol. The number of ether oxygens (including phenoxy) is 1. The summed E-state index contributed by atoms with van der Waals surface area (Å²) in [4.78, 5) is 17.4. The van der Waals surface area contributed by atoms with Gasteiger partial charge in [-0.05, 0) is 69.0 Å². The Kier molecular flexibility index (Phi) is 5.21. The summed E-state index contributed by atoms with van der Waals surface area (Å²) in [6.07, 6.45) is 5.18. The number of methoxy groups -OCH3 is 1. The molecule has 2 heterocycles. The molecule has 2 aliphatic rings. The van der Waals surface area contributed by atoms with Gasteiger partial charge in [0.15, 0.2) is 0 Å². The summed E-state index contributed by atoms with van der Waals surface area (Å²) in [5, 5.41) is 0. The monoisotopic (exact) mass is 316 g/mol. The zero-order chi connectivity index (χ0) is 16.2. The number of nitrogens with zero attached hydrogens (tertiary/aromatic N) is 2. The number of piperidine rings is 1. The normalized spacial score (nSPS) is 22.3. The fourth-order valence-electron chi connectivity index (χ4n) is 3.85. The number of amides is 1. The zero-order valence-electron chi connectivity index (χ0n) is 14.4. The third kappa shape index (κ3) is 3.86. The molecule has 0 N–H and O–H groups in total. The van der Waals surface area contributed by atoms with Crippen LogP contribution in [0, 0.1) is 12.8 Å². The SMILES string of the molecule is COc1ccc(C(=O)N2CCC(CN3CCCCC3)C2)c(C)c1. The van der Waals surface area contributed by atoms with Crippen molar-refractivity contribution in [2.75, 3.05) is 39.8 Å².